The number of nitrogen functional groups attached to an aromatic ring is 1. The molecule has 15 heavy (non-hydrogen) atoms. The highest BCUT2D eigenvalue weighted by atomic mass is 79.9. The molecular weight excluding hydrogens is 266 g/mol. The molecule has 0 saturated carbocycles. The van der Waals surface area contributed by atoms with E-state index in [1.165, 1.54) is 6.07 Å². The van der Waals surface area contributed by atoms with Crippen molar-refractivity contribution in [1.29, 1.82) is 0 Å². The van der Waals surface area contributed by atoms with E-state index in [0.717, 1.165) is 0 Å². The number of nitrogens with two attached hydrogens (primary N) is 1. The van der Waals surface area contributed by atoms with Crippen LogP contribution in [0.1, 0.15) is 17.3 Å². The van der Waals surface area contributed by atoms with Crippen molar-refractivity contribution in [3.05, 3.63) is 16.1 Å². The zero-order valence-corrected chi connectivity index (χ0v) is 9.54. The van der Waals surface area contributed by atoms with Crippen molar-refractivity contribution in [2.45, 2.75) is 6.92 Å². The number of phenols is 1. The first-order valence-corrected chi connectivity index (χ1v) is 4.95. The number of hydrogen-bond acceptors (Lipinski definition) is 4. The molecule has 0 spiro atoms. The minimum absolute atomic E-state index is 0.181. The lowest BCUT2D eigenvalue weighted by atomic mass is 10.1. The number of hydrogen-bond donors (Lipinski definition) is 3. The first kappa shape index (κ1) is 11.6. The van der Waals surface area contributed by atoms with Gasteiger partial charge in [-0.2, -0.15) is 0 Å². The van der Waals surface area contributed by atoms with Crippen LogP contribution < -0.4 is 10.5 Å². The van der Waals surface area contributed by atoms with Crippen molar-refractivity contribution in [1.82, 2.24) is 0 Å². The Bertz CT molecular complexity index is 406. The first-order chi connectivity index (χ1) is 6.99. The molecule has 0 aromatic heterocycles. The predicted molar refractivity (Wildman–Crippen MR) is 58.3 cm³/mol. The van der Waals surface area contributed by atoms with Crippen LogP contribution in [0.15, 0.2) is 10.5 Å². The van der Waals surface area contributed by atoms with E-state index in [1.807, 2.05) is 0 Å². The van der Waals surface area contributed by atoms with Gasteiger partial charge >= 0.3 is 5.97 Å². The Labute approximate surface area is 94.6 Å². The number of benzene rings is 1. The van der Waals surface area contributed by atoms with Crippen molar-refractivity contribution in [3.8, 4) is 11.5 Å². The van der Waals surface area contributed by atoms with Crippen LogP contribution in [0.5, 0.6) is 11.5 Å². The average molecular weight is 276 g/mol. The van der Waals surface area contributed by atoms with E-state index in [4.69, 9.17) is 15.6 Å². The fourth-order valence-electron chi connectivity index (χ4n) is 1.07. The van der Waals surface area contributed by atoms with Gasteiger partial charge in [-0.3, -0.25) is 0 Å². The second kappa shape index (κ2) is 4.39. The average Bonchev–Trinajstić information content (AvgIpc) is 2.18. The van der Waals surface area contributed by atoms with Gasteiger partial charge in [0, 0.05) is 0 Å². The van der Waals surface area contributed by atoms with Gasteiger partial charge in [0.05, 0.1) is 17.9 Å². The van der Waals surface area contributed by atoms with E-state index >= 15 is 0 Å². The van der Waals surface area contributed by atoms with Gasteiger partial charge in [0.15, 0.2) is 5.75 Å². The Hall–Kier alpha value is -1.43. The topological polar surface area (TPSA) is 92.8 Å². The highest BCUT2D eigenvalue weighted by Crippen LogP contribution is 2.40. The smallest absolute Gasteiger partial charge is 0.338 e. The Balaban J connectivity index is 3.38. The second-order valence-corrected chi connectivity index (χ2v) is 3.53. The number of phenolic OH excluding ortho intramolecular Hbond substituents is 1. The summed E-state index contributed by atoms with van der Waals surface area (Å²) < 4.78 is 5.39. The van der Waals surface area contributed by atoms with Crippen LogP contribution in [0.4, 0.5) is 5.69 Å². The van der Waals surface area contributed by atoms with Crippen LogP contribution >= 0.6 is 15.9 Å². The summed E-state index contributed by atoms with van der Waals surface area (Å²) in [6, 6.07) is 1.27. The van der Waals surface area contributed by atoms with Crippen LogP contribution in [-0.2, 0) is 0 Å². The zero-order valence-electron chi connectivity index (χ0n) is 7.95. The number of rotatable bonds is 3. The maximum Gasteiger partial charge on any atom is 0.338 e. The summed E-state index contributed by atoms with van der Waals surface area (Å²) in [4.78, 5) is 10.8. The van der Waals surface area contributed by atoms with E-state index in [9.17, 15) is 9.90 Å². The van der Waals surface area contributed by atoms with Crippen molar-refractivity contribution < 1.29 is 19.7 Å². The molecule has 0 heterocycles. The minimum atomic E-state index is -1.21. The second-order valence-electron chi connectivity index (χ2n) is 2.74. The summed E-state index contributed by atoms with van der Waals surface area (Å²) in [6.07, 6.45) is 0. The van der Waals surface area contributed by atoms with Gasteiger partial charge in [-0.1, -0.05) is 0 Å². The fraction of sp³-hybridized carbons (Fsp3) is 0.222. The molecule has 0 bridgehead atoms. The molecule has 0 saturated heterocycles. The summed E-state index contributed by atoms with van der Waals surface area (Å²) in [6.45, 7) is 2.11. The molecule has 0 amide bonds. The monoisotopic (exact) mass is 275 g/mol. The van der Waals surface area contributed by atoms with Crippen LogP contribution in [0, 0.1) is 0 Å². The van der Waals surface area contributed by atoms with Gasteiger partial charge in [-0.25, -0.2) is 4.79 Å². The van der Waals surface area contributed by atoms with E-state index < -0.39 is 5.97 Å². The molecule has 0 radical (unpaired) electrons. The molecule has 1 rings (SSSR count). The third-order valence-corrected chi connectivity index (χ3v) is 2.54. The SMILES string of the molecule is CCOc1cc(C(=O)O)c(N)c(O)c1Br. The fourth-order valence-corrected chi connectivity index (χ4v) is 1.51. The largest absolute Gasteiger partial charge is 0.505 e. The van der Waals surface area contributed by atoms with Crippen LogP contribution in [0.25, 0.3) is 0 Å². The summed E-state index contributed by atoms with van der Waals surface area (Å²) in [7, 11) is 0. The molecule has 0 unspecified atom stereocenters. The van der Waals surface area contributed by atoms with E-state index in [1.54, 1.807) is 6.92 Å². The van der Waals surface area contributed by atoms with Crippen molar-refractivity contribution in [3.63, 3.8) is 0 Å². The molecule has 5 nitrogen and oxygen atoms in total. The van der Waals surface area contributed by atoms with E-state index in [-0.39, 0.29) is 27.2 Å². The third-order valence-electron chi connectivity index (χ3n) is 1.78. The molecule has 0 fully saturated rings. The highest BCUT2D eigenvalue weighted by molar-refractivity contribution is 9.10. The van der Waals surface area contributed by atoms with Crippen LogP contribution in [-0.4, -0.2) is 22.8 Å². The van der Waals surface area contributed by atoms with Gasteiger partial charge in [0.2, 0.25) is 0 Å². The maximum absolute atomic E-state index is 10.8. The van der Waals surface area contributed by atoms with Crippen molar-refractivity contribution >= 4 is 27.6 Å². The number of aromatic carboxylic acids is 1. The maximum atomic E-state index is 10.8. The lowest BCUT2D eigenvalue weighted by molar-refractivity contribution is 0.0697. The molecule has 0 aliphatic heterocycles. The highest BCUT2D eigenvalue weighted by Gasteiger charge is 2.18. The molecule has 4 N–H and O–H groups in total. The number of anilines is 1. The summed E-state index contributed by atoms with van der Waals surface area (Å²) in [5.41, 5.74) is 5.07. The van der Waals surface area contributed by atoms with Crippen molar-refractivity contribution in [2.24, 2.45) is 0 Å². The van der Waals surface area contributed by atoms with Gasteiger partial charge < -0.3 is 20.7 Å². The summed E-state index contributed by atoms with van der Waals surface area (Å²) in [5.74, 6) is -1.28. The molecule has 0 atom stereocenters. The van der Waals surface area contributed by atoms with Crippen molar-refractivity contribution in [2.75, 3.05) is 12.3 Å². The number of carboxylic acid groups (broad SMARTS) is 1. The van der Waals surface area contributed by atoms with E-state index in [0.29, 0.717) is 6.61 Å². The zero-order chi connectivity index (χ0) is 11.6. The Morgan fingerprint density at radius 1 is 1.67 bits per heavy atom. The Morgan fingerprint density at radius 3 is 2.73 bits per heavy atom. The van der Waals surface area contributed by atoms with Gasteiger partial charge in [-0.05, 0) is 28.9 Å². The quantitative estimate of drug-likeness (QED) is 0.578. The van der Waals surface area contributed by atoms with Crippen LogP contribution in [0.3, 0.4) is 0 Å². The number of carbonyl (C=O) groups is 1. The van der Waals surface area contributed by atoms with Crippen LogP contribution in [0.2, 0.25) is 0 Å². The molecule has 0 aliphatic rings. The van der Waals surface area contributed by atoms with Gasteiger partial charge in [0.25, 0.3) is 0 Å². The molecule has 82 valence electrons. The summed E-state index contributed by atoms with van der Waals surface area (Å²) >= 11 is 3.07. The standard InChI is InChI=1S/C9H10BrNO4/c1-2-15-5-3-4(9(13)14)7(11)8(12)6(5)10/h3,12H,2,11H2,1H3,(H,13,14). The number of halogens is 1. The predicted octanol–water partition coefficient (Wildman–Crippen LogP) is 1.83. The molecule has 0 aliphatic carbocycles. The Kier molecular flexibility index (Phi) is 3.41. The lowest BCUT2D eigenvalue weighted by Gasteiger charge is -2.11. The third kappa shape index (κ3) is 2.15. The molecule has 6 heteroatoms. The summed E-state index contributed by atoms with van der Waals surface area (Å²) in [5, 5.41) is 18.3. The molecule has 1 aromatic carbocycles. The number of carboxylic acids is 1. The van der Waals surface area contributed by atoms with Gasteiger partial charge in [0.1, 0.15) is 10.2 Å². The lowest BCUT2D eigenvalue weighted by Crippen LogP contribution is -2.04. The minimum Gasteiger partial charge on any atom is -0.505 e. The molecular formula is C9H10BrNO4. The number of aromatic hydroxyl groups is 1. The van der Waals surface area contributed by atoms with E-state index in [2.05, 4.69) is 15.9 Å². The normalized spacial score (nSPS) is 10.0. The van der Waals surface area contributed by atoms with Gasteiger partial charge in [-0.15, -0.1) is 0 Å². The molecule has 1 aromatic rings. The first-order valence-electron chi connectivity index (χ1n) is 4.16. The Morgan fingerprint density at radius 2 is 2.27 bits per heavy atom. The number of ether oxygens (including phenoxy) is 1.